The number of rotatable bonds is 7. The van der Waals surface area contributed by atoms with Crippen molar-refractivity contribution in [2.45, 2.75) is 50.1 Å². The van der Waals surface area contributed by atoms with Gasteiger partial charge in [0.15, 0.2) is 0 Å². The zero-order valence-corrected chi connectivity index (χ0v) is 18.4. The molecule has 1 heterocycles. The molecule has 1 N–H and O–H groups in total. The first kappa shape index (κ1) is 22.0. The molecule has 1 aromatic carbocycles. The number of nitrogens with one attached hydrogen (secondary N) is 1. The highest BCUT2D eigenvalue weighted by atomic mass is 16.2. The first-order valence-corrected chi connectivity index (χ1v) is 10.7. The average Bonchev–Trinajstić information content (AvgIpc) is 2.97. The number of carbonyl (C=O) groups excluding carboxylic acids is 2. The lowest BCUT2D eigenvalue weighted by Crippen LogP contribution is -2.55. The van der Waals surface area contributed by atoms with Crippen molar-refractivity contribution in [2.24, 2.45) is 0 Å². The highest BCUT2D eigenvalue weighted by Crippen LogP contribution is 2.46. The highest BCUT2D eigenvalue weighted by Gasteiger charge is 2.55. The van der Waals surface area contributed by atoms with Gasteiger partial charge in [-0.05, 0) is 58.7 Å². The normalized spacial score (nSPS) is 27.3. The van der Waals surface area contributed by atoms with E-state index in [9.17, 15) is 9.59 Å². The second-order valence-corrected chi connectivity index (χ2v) is 8.64. The standard InChI is InChI=1S/C25H33N3O2/c1-5-6-8-11-20(2)14-19-28-22(29)24(26-23(28)30)15-17-25(18-16-24,27(3)4)21-12-9-7-10-13-21/h5-13H,1,14-19H2,2-4H3,(H,26,30)/b8-6-,20-11+. The van der Waals surface area contributed by atoms with Crippen molar-refractivity contribution in [2.75, 3.05) is 20.6 Å². The van der Waals surface area contributed by atoms with Crippen molar-refractivity contribution in [1.29, 1.82) is 0 Å². The third kappa shape index (κ3) is 4.12. The van der Waals surface area contributed by atoms with E-state index < -0.39 is 5.54 Å². The fraction of sp³-hybridized carbons (Fsp3) is 0.440. The molecule has 0 atom stereocenters. The van der Waals surface area contributed by atoms with Gasteiger partial charge in [0, 0.05) is 12.1 Å². The fourth-order valence-electron chi connectivity index (χ4n) is 4.72. The maximum atomic E-state index is 13.3. The monoisotopic (exact) mass is 407 g/mol. The van der Waals surface area contributed by atoms with Crippen LogP contribution in [0.15, 0.2) is 66.8 Å². The highest BCUT2D eigenvalue weighted by molar-refractivity contribution is 6.07. The van der Waals surface area contributed by atoms with E-state index in [4.69, 9.17) is 0 Å². The number of allylic oxidation sites excluding steroid dienone is 4. The Morgan fingerprint density at radius 3 is 2.40 bits per heavy atom. The van der Waals surface area contributed by atoms with Crippen LogP contribution >= 0.6 is 0 Å². The molecule has 1 saturated carbocycles. The molecule has 30 heavy (non-hydrogen) atoms. The number of hydrogen-bond acceptors (Lipinski definition) is 3. The minimum atomic E-state index is -0.758. The van der Waals surface area contributed by atoms with Gasteiger partial charge in [-0.15, -0.1) is 0 Å². The number of nitrogens with zero attached hydrogens (tertiary/aromatic N) is 2. The number of urea groups is 1. The maximum absolute atomic E-state index is 13.3. The summed E-state index contributed by atoms with van der Waals surface area (Å²) < 4.78 is 0. The van der Waals surface area contributed by atoms with Gasteiger partial charge in [-0.2, -0.15) is 0 Å². The molecule has 0 bridgehead atoms. The number of benzene rings is 1. The lowest BCUT2D eigenvalue weighted by molar-refractivity contribution is -0.133. The Bertz CT molecular complexity index is 846. The van der Waals surface area contributed by atoms with Crippen LogP contribution in [0.2, 0.25) is 0 Å². The Balaban J connectivity index is 1.71. The van der Waals surface area contributed by atoms with Gasteiger partial charge in [0.05, 0.1) is 0 Å². The van der Waals surface area contributed by atoms with E-state index in [1.165, 1.54) is 10.5 Å². The number of carbonyl (C=O) groups is 2. The summed E-state index contributed by atoms with van der Waals surface area (Å²) in [5.74, 6) is -0.0673. The molecule has 5 nitrogen and oxygen atoms in total. The van der Waals surface area contributed by atoms with Gasteiger partial charge in [-0.3, -0.25) is 14.6 Å². The predicted octanol–water partition coefficient (Wildman–Crippen LogP) is 4.39. The summed E-state index contributed by atoms with van der Waals surface area (Å²) in [4.78, 5) is 29.6. The van der Waals surface area contributed by atoms with Gasteiger partial charge in [-0.1, -0.05) is 66.8 Å². The molecule has 2 fully saturated rings. The molecule has 0 radical (unpaired) electrons. The smallest absolute Gasteiger partial charge is 0.323 e. The van der Waals surface area contributed by atoms with Gasteiger partial charge in [0.25, 0.3) is 5.91 Å². The zero-order chi connectivity index (χ0) is 21.8. The quantitative estimate of drug-likeness (QED) is 0.539. The van der Waals surface area contributed by atoms with E-state index in [2.05, 4.69) is 55.2 Å². The molecule has 5 heteroatoms. The van der Waals surface area contributed by atoms with E-state index in [1.54, 1.807) is 6.08 Å². The summed E-state index contributed by atoms with van der Waals surface area (Å²) in [5, 5.41) is 3.05. The second kappa shape index (κ2) is 9.00. The third-order valence-electron chi connectivity index (χ3n) is 6.70. The Morgan fingerprint density at radius 1 is 1.13 bits per heavy atom. The molecule has 0 aromatic heterocycles. The van der Waals surface area contributed by atoms with E-state index in [0.29, 0.717) is 25.8 Å². The van der Waals surface area contributed by atoms with Crippen LogP contribution in [0.1, 0.15) is 44.6 Å². The predicted molar refractivity (Wildman–Crippen MR) is 121 cm³/mol. The van der Waals surface area contributed by atoms with Gasteiger partial charge >= 0.3 is 6.03 Å². The van der Waals surface area contributed by atoms with E-state index in [-0.39, 0.29) is 17.5 Å². The molecule has 3 rings (SSSR count). The maximum Gasteiger partial charge on any atom is 0.325 e. The van der Waals surface area contributed by atoms with Gasteiger partial charge in [0.2, 0.25) is 0 Å². The Morgan fingerprint density at radius 2 is 1.80 bits per heavy atom. The average molecular weight is 408 g/mol. The van der Waals surface area contributed by atoms with Crippen LogP contribution in [-0.2, 0) is 10.3 Å². The zero-order valence-electron chi connectivity index (χ0n) is 18.4. The van der Waals surface area contributed by atoms with Crippen molar-refractivity contribution in [3.8, 4) is 0 Å². The fourth-order valence-corrected chi connectivity index (χ4v) is 4.72. The summed E-state index contributed by atoms with van der Waals surface area (Å²) in [6.45, 7) is 6.07. The van der Waals surface area contributed by atoms with Gasteiger partial charge in [0.1, 0.15) is 5.54 Å². The van der Waals surface area contributed by atoms with E-state index in [1.807, 2.05) is 31.2 Å². The van der Waals surface area contributed by atoms with Gasteiger partial charge in [-0.25, -0.2) is 4.79 Å². The molecule has 3 amide bonds. The minimum absolute atomic E-state index is 0.0673. The molecular weight excluding hydrogens is 374 g/mol. The largest absolute Gasteiger partial charge is 0.325 e. The molecule has 1 spiro atoms. The first-order chi connectivity index (χ1) is 14.3. The summed E-state index contributed by atoms with van der Waals surface area (Å²) in [5.41, 5.74) is 1.52. The molecule has 160 valence electrons. The third-order valence-corrected chi connectivity index (χ3v) is 6.70. The second-order valence-electron chi connectivity index (χ2n) is 8.64. The Labute approximate surface area is 180 Å². The Hall–Kier alpha value is -2.66. The molecule has 1 aliphatic carbocycles. The molecule has 1 saturated heterocycles. The van der Waals surface area contributed by atoms with Crippen molar-refractivity contribution in [3.05, 3.63) is 72.4 Å². The summed E-state index contributed by atoms with van der Waals surface area (Å²) in [6, 6.07) is 10.2. The van der Waals surface area contributed by atoms with Crippen LogP contribution in [0, 0.1) is 0 Å². The van der Waals surface area contributed by atoms with Crippen LogP contribution in [0.5, 0.6) is 0 Å². The van der Waals surface area contributed by atoms with Crippen molar-refractivity contribution >= 4 is 11.9 Å². The number of amides is 3. The summed E-state index contributed by atoms with van der Waals surface area (Å²) in [7, 11) is 4.20. The molecule has 1 aromatic rings. The lowest BCUT2D eigenvalue weighted by Gasteiger charge is -2.48. The molecule has 0 unspecified atom stereocenters. The first-order valence-electron chi connectivity index (χ1n) is 10.7. The van der Waals surface area contributed by atoms with Crippen LogP contribution in [0.4, 0.5) is 4.79 Å². The van der Waals surface area contributed by atoms with Crippen molar-refractivity contribution < 1.29 is 9.59 Å². The van der Waals surface area contributed by atoms with Crippen LogP contribution < -0.4 is 5.32 Å². The Kier molecular flexibility index (Phi) is 6.61. The van der Waals surface area contributed by atoms with Crippen molar-refractivity contribution in [1.82, 2.24) is 15.1 Å². The molecule has 1 aliphatic heterocycles. The number of imide groups is 1. The van der Waals surface area contributed by atoms with Crippen LogP contribution in [-0.4, -0.2) is 47.9 Å². The van der Waals surface area contributed by atoms with E-state index in [0.717, 1.165) is 18.4 Å². The van der Waals surface area contributed by atoms with Crippen molar-refractivity contribution in [3.63, 3.8) is 0 Å². The van der Waals surface area contributed by atoms with Gasteiger partial charge < -0.3 is 5.32 Å². The summed E-state index contributed by atoms with van der Waals surface area (Å²) >= 11 is 0. The lowest BCUT2D eigenvalue weighted by atomic mass is 9.68. The molecular formula is C25H33N3O2. The minimum Gasteiger partial charge on any atom is -0.323 e. The van der Waals surface area contributed by atoms with Crippen LogP contribution in [0.25, 0.3) is 0 Å². The van der Waals surface area contributed by atoms with E-state index >= 15 is 0 Å². The topological polar surface area (TPSA) is 52.7 Å². The number of hydrogen-bond donors (Lipinski definition) is 1. The van der Waals surface area contributed by atoms with Crippen LogP contribution in [0.3, 0.4) is 0 Å². The summed E-state index contributed by atoms with van der Waals surface area (Å²) in [6.07, 6.45) is 11.1. The molecule has 2 aliphatic rings. The SMILES string of the molecule is C=C/C=C\C=C(/C)CCN1C(=O)NC2(CCC(c3ccccc3)(N(C)C)CC2)C1=O.